The van der Waals surface area contributed by atoms with Crippen molar-refractivity contribution < 1.29 is 14.3 Å². The molecule has 0 atom stereocenters. The zero-order valence-electron chi connectivity index (χ0n) is 16.2. The molecule has 152 valence electrons. The first-order chi connectivity index (χ1) is 14.6. The highest BCUT2D eigenvalue weighted by Crippen LogP contribution is 2.33. The Morgan fingerprint density at radius 1 is 1.13 bits per heavy atom. The number of aromatic nitrogens is 4. The van der Waals surface area contributed by atoms with E-state index in [9.17, 15) is 4.79 Å². The minimum absolute atomic E-state index is 0.113. The molecule has 0 bridgehead atoms. The second kappa shape index (κ2) is 7.55. The van der Waals surface area contributed by atoms with Crippen molar-refractivity contribution in [3.05, 3.63) is 47.2 Å². The summed E-state index contributed by atoms with van der Waals surface area (Å²) in [6, 6.07) is 9.44. The first-order valence-electron chi connectivity index (χ1n) is 9.51. The maximum atomic E-state index is 12.1. The van der Waals surface area contributed by atoms with E-state index in [1.807, 2.05) is 30.5 Å². The fourth-order valence-electron chi connectivity index (χ4n) is 3.57. The summed E-state index contributed by atoms with van der Waals surface area (Å²) >= 11 is 6.52. The number of aromatic amines is 1. The van der Waals surface area contributed by atoms with Gasteiger partial charge in [-0.15, -0.1) is 0 Å². The number of H-pyrrole nitrogens is 1. The van der Waals surface area contributed by atoms with Crippen LogP contribution in [0.25, 0.3) is 33.2 Å². The summed E-state index contributed by atoms with van der Waals surface area (Å²) in [4.78, 5) is 31.3. The average Bonchev–Trinajstić information content (AvgIpc) is 3.26. The number of hydrogen-bond acceptors (Lipinski definition) is 7. The predicted molar refractivity (Wildman–Crippen MR) is 114 cm³/mol. The standard InChI is InChI=1S/C21H18ClN5O3/c1-29-20(28)16-11-14(22)18-19(24-16)17(13-2-3-15-12(10-13)4-5-23-15)25-21(26-18)27-6-8-30-9-7-27/h2-5,10-11,23H,6-9H2,1H3. The number of fused-ring (bicyclic) bond motifs is 2. The van der Waals surface area contributed by atoms with E-state index in [4.69, 9.17) is 26.1 Å². The van der Waals surface area contributed by atoms with Crippen LogP contribution in [0.3, 0.4) is 0 Å². The lowest BCUT2D eigenvalue weighted by Gasteiger charge is -2.27. The number of nitrogens with one attached hydrogen (secondary N) is 1. The summed E-state index contributed by atoms with van der Waals surface area (Å²) in [6.07, 6.45) is 1.89. The highest BCUT2D eigenvalue weighted by molar-refractivity contribution is 6.35. The lowest BCUT2D eigenvalue weighted by atomic mass is 10.1. The van der Waals surface area contributed by atoms with E-state index in [1.165, 1.54) is 13.2 Å². The van der Waals surface area contributed by atoms with Gasteiger partial charge in [-0.2, -0.15) is 0 Å². The second-order valence-corrected chi connectivity index (χ2v) is 7.34. The Balaban J connectivity index is 1.77. The van der Waals surface area contributed by atoms with Crippen LogP contribution in [0, 0.1) is 0 Å². The number of pyridine rings is 1. The molecule has 0 unspecified atom stereocenters. The van der Waals surface area contributed by atoms with Crippen LogP contribution in [0.1, 0.15) is 10.5 Å². The molecular formula is C21H18ClN5O3. The molecular weight excluding hydrogens is 406 g/mol. The van der Waals surface area contributed by atoms with Crippen LogP contribution in [0.2, 0.25) is 5.02 Å². The van der Waals surface area contributed by atoms with Crippen molar-refractivity contribution in [1.82, 2.24) is 19.9 Å². The minimum atomic E-state index is -0.567. The van der Waals surface area contributed by atoms with Crippen molar-refractivity contribution in [3.63, 3.8) is 0 Å². The van der Waals surface area contributed by atoms with E-state index in [-0.39, 0.29) is 5.69 Å². The van der Waals surface area contributed by atoms with Crippen LogP contribution in [-0.2, 0) is 9.47 Å². The number of hydrogen-bond donors (Lipinski definition) is 1. The Kier molecular flexibility index (Phi) is 4.72. The van der Waals surface area contributed by atoms with Crippen LogP contribution in [0.5, 0.6) is 0 Å². The van der Waals surface area contributed by atoms with Gasteiger partial charge in [-0.3, -0.25) is 0 Å². The molecule has 0 amide bonds. The number of esters is 1. The minimum Gasteiger partial charge on any atom is -0.464 e. The monoisotopic (exact) mass is 423 g/mol. The highest BCUT2D eigenvalue weighted by atomic mass is 35.5. The number of carbonyl (C=O) groups is 1. The van der Waals surface area contributed by atoms with Gasteiger partial charge in [-0.1, -0.05) is 17.7 Å². The van der Waals surface area contributed by atoms with Crippen molar-refractivity contribution in [2.75, 3.05) is 38.3 Å². The lowest BCUT2D eigenvalue weighted by molar-refractivity contribution is 0.0594. The number of ether oxygens (including phenoxy) is 2. The highest BCUT2D eigenvalue weighted by Gasteiger charge is 2.21. The number of nitrogens with zero attached hydrogens (tertiary/aromatic N) is 4. The Morgan fingerprint density at radius 2 is 1.97 bits per heavy atom. The molecule has 0 aliphatic carbocycles. The van der Waals surface area contributed by atoms with Crippen molar-refractivity contribution in [1.29, 1.82) is 0 Å². The Morgan fingerprint density at radius 3 is 2.77 bits per heavy atom. The number of carbonyl (C=O) groups excluding carboxylic acids is 1. The van der Waals surface area contributed by atoms with Gasteiger partial charge in [0.1, 0.15) is 16.7 Å². The number of anilines is 1. The van der Waals surface area contributed by atoms with Gasteiger partial charge in [-0.25, -0.2) is 19.7 Å². The smallest absolute Gasteiger partial charge is 0.356 e. The molecule has 30 heavy (non-hydrogen) atoms. The van der Waals surface area contributed by atoms with Crippen LogP contribution < -0.4 is 4.90 Å². The summed E-state index contributed by atoms with van der Waals surface area (Å²) in [5.74, 6) is -0.00687. The third-order valence-electron chi connectivity index (χ3n) is 5.11. The van der Waals surface area contributed by atoms with E-state index in [2.05, 4.69) is 19.9 Å². The Hall–Kier alpha value is -3.23. The van der Waals surface area contributed by atoms with E-state index in [0.717, 1.165) is 16.5 Å². The van der Waals surface area contributed by atoms with Gasteiger partial charge in [0.15, 0.2) is 5.69 Å². The summed E-state index contributed by atoms with van der Waals surface area (Å²) in [6.45, 7) is 2.60. The second-order valence-electron chi connectivity index (χ2n) is 6.93. The quantitative estimate of drug-likeness (QED) is 0.504. The zero-order valence-corrected chi connectivity index (χ0v) is 16.9. The molecule has 8 nitrogen and oxygen atoms in total. The molecule has 1 aliphatic rings. The number of methoxy groups -OCH3 is 1. The molecule has 1 saturated heterocycles. The number of benzene rings is 1. The summed E-state index contributed by atoms with van der Waals surface area (Å²) in [7, 11) is 1.31. The molecule has 0 spiro atoms. The van der Waals surface area contributed by atoms with Gasteiger partial charge in [-0.05, 0) is 24.3 Å². The average molecular weight is 424 g/mol. The van der Waals surface area contributed by atoms with Gasteiger partial charge in [0, 0.05) is 35.8 Å². The molecule has 1 aliphatic heterocycles. The van der Waals surface area contributed by atoms with E-state index < -0.39 is 5.97 Å². The number of rotatable bonds is 3. The van der Waals surface area contributed by atoms with E-state index >= 15 is 0 Å². The summed E-state index contributed by atoms with van der Waals surface area (Å²) in [5.41, 5.74) is 3.54. The molecule has 4 aromatic rings. The van der Waals surface area contributed by atoms with E-state index in [1.54, 1.807) is 0 Å². The first kappa shape index (κ1) is 18.8. The number of morpholine rings is 1. The third-order valence-corrected chi connectivity index (χ3v) is 5.40. The summed E-state index contributed by atoms with van der Waals surface area (Å²) in [5, 5.41) is 1.36. The SMILES string of the molecule is COC(=O)c1cc(Cl)c2nc(N3CCOCC3)nc(-c3ccc4[nH]ccc4c3)c2n1. The topological polar surface area (TPSA) is 93.2 Å². The number of halogens is 1. The summed E-state index contributed by atoms with van der Waals surface area (Å²) < 4.78 is 10.3. The lowest BCUT2D eigenvalue weighted by Crippen LogP contribution is -2.37. The zero-order chi connectivity index (χ0) is 20.7. The third kappa shape index (κ3) is 3.24. The van der Waals surface area contributed by atoms with Crippen molar-refractivity contribution in [3.8, 4) is 11.3 Å². The maximum absolute atomic E-state index is 12.1. The molecule has 0 saturated carbocycles. The predicted octanol–water partition coefficient (Wildman–Crippen LogP) is 3.45. The van der Waals surface area contributed by atoms with Crippen LogP contribution in [-0.4, -0.2) is 59.3 Å². The molecule has 1 fully saturated rings. The molecule has 5 rings (SSSR count). The molecule has 3 aromatic heterocycles. The van der Waals surface area contributed by atoms with Crippen molar-refractivity contribution in [2.24, 2.45) is 0 Å². The molecule has 9 heteroatoms. The largest absolute Gasteiger partial charge is 0.464 e. The Bertz CT molecular complexity index is 1270. The maximum Gasteiger partial charge on any atom is 0.356 e. The normalized spacial score (nSPS) is 14.4. The van der Waals surface area contributed by atoms with Gasteiger partial charge < -0.3 is 19.4 Å². The fraction of sp³-hybridized carbons (Fsp3) is 0.238. The van der Waals surface area contributed by atoms with Crippen molar-refractivity contribution >= 4 is 45.5 Å². The van der Waals surface area contributed by atoms with Crippen LogP contribution >= 0.6 is 11.6 Å². The van der Waals surface area contributed by atoms with Gasteiger partial charge >= 0.3 is 5.97 Å². The molecule has 4 heterocycles. The molecule has 1 N–H and O–H groups in total. The fourth-order valence-corrected chi connectivity index (χ4v) is 3.81. The van der Waals surface area contributed by atoms with Gasteiger partial charge in [0.25, 0.3) is 0 Å². The van der Waals surface area contributed by atoms with Gasteiger partial charge in [0.2, 0.25) is 5.95 Å². The van der Waals surface area contributed by atoms with Crippen LogP contribution in [0.4, 0.5) is 5.95 Å². The van der Waals surface area contributed by atoms with Crippen LogP contribution in [0.15, 0.2) is 36.5 Å². The Labute approximate surface area is 176 Å². The van der Waals surface area contributed by atoms with Gasteiger partial charge in [0.05, 0.1) is 25.3 Å². The van der Waals surface area contributed by atoms with E-state index in [0.29, 0.717) is 54.0 Å². The first-order valence-corrected chi connectivity index (χ1v) is 9.88. The molecule has 1 aromatic carbocycles. The molecule has 0 radical (unpaired) electrons. The van der Waals surface area contributed by atoms with Crippen molar-refractivity contribution in [2.45, 2.75) is 0 Å².